The van der Waals surface area contributed by atoms with Crippen LogP contribution < -0.4 is 10.5 Å². The molecule has 0 radical (unpaired) electrons. The van der Waals surface area contributed by atoms with Crippen molar-refractivity contribution < 1.29 is 17.9 Å². The first-order valence-corrected chi connectivity index (χ1v) is 8.85. The summed E-state index contributed by atoms with van der Waals surface area (Å²) in [7, 11) is -2.64. The second kappa shape index (κ2) is 8.30. The van der Waals surface area contributed by atoms with Crippen LogP contribution in [0.25, 0.3) is 0 Å². The molecule has 6 nitrogen and oxygen atoms in total. The maximum Gasteiger partial charge on any atom is 0.339 e. The van der Waals surface area contributed by atoms with Gasteiger partial charge >= 0.3 is 5.97 Å². The molecule has 1 aliphatic rings. The zero-order chi connectivity index (χ0) is 16.3. The number of carbonyl (C=O) groups excluding carboxylic acids is 1. The van der Waals surface area contributed by atoms with Gasteiger partial charge in [-0.25, -0.2) is 17.9 Å². The fraction of sp³-hybridized carbons (Fsp3) is 0.500. The van der Waals surface area contributed by atoms with Crippen molar-refractivity contribution >= 4 is 40.0 Å². The van der Waals surface area contributed by atoms with E-state index < -0.39 is 16.0 Å². The average Bonchev–Trinajstić information content (AvgIpc) is 2.48. The number of carbonyl (C=O) groups is 1. The third-order valence-electron chi connectivity index (χ3n) is 3.73. The van der Waals surface area contributed by atoms with Crippen molar-refractivity contribution in [3.05, 3.63) is 28.8 Å². The summed E-state index contributed by atoms with van der Waals surface area (Å²) in [6.07, 6.45) is 2.92. The van der Waals surface area contributed by atoms with Crippen LogP contribution in [0.3, 0.4) is 0 Å². The van der Waals surface area contributed by atoms with Crippen LogP contribution in [0, 0.1) is 0 Å². The monoisotopic (exact) mass is 382 g/mol. The minimum absolute atomic E-state index is 0. The fourth-order valence-corrected chi connectivity index (χ4v) is 4.18. The molecule has 130 valence electrons. The van der Waals surface area contributed by atoms with Gasteiger partial charge in [0.15, 0.2) is 0 Å². The summed E-state index contributed by atoms with van der Waals surface area (Å²) >= 11 is 5.84. The second-order valence-corrected chi connectivity index (χ2v) is 7.48. The van der Waals surface area contributed by atoms with E-state index in [1.807, 2.05) is 0 Å². The number of methoxy groups -OCH3 is 1. The molecule has 0 amide bonds. The Morgan fingerprint density at radius 2 is 1.91 bits per heavy atom. The molecule has 1 fully saturated rings. The average molecular weight is 383 g/mol. The van der Waals surface area contributed by atoms with Crippen molar-refractivity contribution in [1.29, 1.82) is 0 Å². The van der Waals surface area contributed by atoms with Crippen LogP contribution in [0.4, 0.5) is 0 Å². The van der Waals surface area contributed by atoms with Gasteiger partial charge in [-0.3, -0.25) is 0 Å². The van der Waals surface area contributed by atoms with Crippen LogP contribution in [0.15, 0.2) is 23.1 Å². The van der Waals surface area contributed by atoms with Crippen molar-refractivity contribution in [2.75, 3.05) is 7.11 Å². The molecular formula is C14H20Cl2N2O4S. The molecule has 0 aromatic heterocycles. The van der Waals surface area contributed by atoms with Gasteiger partial charge in [-0.2, -0.15) is 0 Å². The van der Waals surface area contributed by atoms with E-state index in [2.05, 4.69) is 9.46 Å². The van der Waals surface area contributed by atoms with Crippen molar-refractivity contribution in [3.8, 4) is 0 Å². The molecule has 2 rings (SSSR count). The molecule has 0 bridgehead atoms. The lowest BCUT2D eigenvalue weighted by atomic mass is 9.93. The highest BCUT2D eigenvalue weighted by Crippen LogP contribution is 2.24. The molecule has 1 aromatic carbocycles. The minimum atomic E-state index is -3.83. The van der Waals surface area contributed by atoms with Gasteiger partial charge in [0.05, 0.1) is 17.6 Å². The first-order valence-electron chi connectivity index (χ1n) is 6.99. The zero-order valence-corrected chi connectivity index (χ0v) is 15.0. The topological polar surface area (TPSA) is 98.5 Å². The molecule has 9 heteroatoms. The molecule has 0 heterocycles. The molecule has 0 aliphatic heterocycles. The Labute approximate surface area is 147 Å². The number of hydrogen-bond acceptors (Lipinski definition) is 5. The number of benzene rings is 1. The molecule has 23 heavy (non-hydrogen) atoms. The largest absolute Gasteiger partial charge is 0.465 e. The molecule has 1 aromatic rings. The Kier molecular flexibility index (Phi) is 7.29. The van der Waals surface area contributed by atoms with Gasteiger partial charge in [0.25, 0.3) is 0 Å². The number of rotatable bonds is 4. The van der Waals surface area contributed by atoms with Crippen molar-refractivity contribution in [1.82, 2.24) is 4.72 Å². The number of ether oxygens (including phenoxy) is 1. The van der Waals surface area contributed by atoms with E-state index in [9.17, 15) is 13.2 Å². The molecule has 1 saturated carbocycles. The first-order chi connectivity index (χ1) is 10.3. The Balaban J connectivity index is 0.00000264. The van der Waals surface area contributed by atoms with Gasteiger partial charge in [-0.1, -0.05) is 11.6 Å². The Morgan fingerprint density at radius 3 is 2.48 bits per heavy atom. The smallest absolute Gasteiger partial charge is 0.339 e. The predicted molar refractivity (Wildman–Crippen MR) is 90.6 cm³/mol. The van der Waals surface area contributed by atoms with Crippen molar-refractivity contribution in [2.45, 2.75) is 42.7 Å². The summed E-state index contributed by atoms with van der Waals surface area (Å²) in [5.74, 6) is -0.742. The van der Waals surface area contributed by atoms with E-state index in [0.29, 0.717) is 12.8 Å². The van der Waals surface area contributed by atoms with Gasteiger partial charge in [0.1, 0.15) is 0 Å². The Morgan fingerprint density at radius 1 is 1.30 bits per heavy atom. The summed E-state index contributed by atoms with van der Waals surface area (Å²) in [5.41, 5.74) is 5.74. The fourth-order valence-electron chi connectivity index (χ4n) is 2.53. The molecule has 0 unspecified atom stereocenters. The molecule has 0 atom stereocenters. The van der Waals surface area contributed by atoms with E-state index >= 15 is 0 Å². The highest BCUT2D eigenvalue weighted by molar-refractivity contribution is 7.89. The van der Waals surface area contributed by atoms with Crippen molar-refractivity contribution in [2.24, 2.45) is 5.73 Å². The van der Waals surface area contributed by atoms with Gasteiger partial charge in [0, 0.05) is 17.1 Å². The van der Waals surface area contributed by atoms with Gasteiger partial charge < -0.3 is 10.5 Å². The van der Waals surface area contributed by atoms with Gasteiger partial charge in [-0.05, 0) is 43.9 Å². The van der Waals surface area contributed by atoms with E-state index in [0.717, 1.165) is 12.8 Å². The maximum atomic E-state index is 12.5. The third kappa shape index (κ3) is 5.06. The van der Waals surface area contributed by atoms with Crippen LogP contribution in [0.1, 0.15) is 36.0 Å². The predicted octanol–water partition coefficient (Wildman–Crippen LogP) is 2.10. The molecule has 1 aliphatic carbocycles. The lowest BCUT2D eigenvalue weighted by Crippen LogP contribution is -2.40. The highest BCUT2D eigenvalue weighted by Gasteiger charge is 2.28. The van der Waals surface area contributed by atoms with E-state index in [4.69, 9.17) is 17.3 Å². The summed E-state index contributed by atoms with van der Waals surface area (Å²) in [4.78, 5) is 11.7. The van der Waals surface area contributed by atoms with Crippen LogP contribution in [0.5, 0.6) is 0 Å². The number of hydrogen-bond donors (Lipinski definition) is 2. The van der Waals surface area contributed by atoms with Crippen LogP contribution >= 0.6 is 24.0 Å². The zero-order valence-electron chi connectivity index (χ0n) is 12.6. The second-order valence-electron chi connectivity index (χ2n) is 5.37. The SMILES string of the molecule is COC(=O)c1cc(Cl)ccc1S(=O)(=O)NC1CCC(N)CC1.Cl. The lowest BCUT2D eigenvalue weighted by Gasteiger charge is -2.26. The molecule has 3 N–H and O–H groups in total. The number of halogens is 2. The number of sulfonamides is 1. The van der Waals surface area contributed by atoms with Crippen LogP contribution in [0.2, 0.25) is 5.02 Å². The van der Waals surface area contributed by atoms with E-state index in [1.165, 1.54) is 25.3 Å². The summed E-state index contributed by atoms with van der Waals surface area (Å²) in [6.45, 7) is 0. The maximum absolute atomic E-state index is 12.5. The summed E-state index contributed by atoms with van der Waals surface area (Å²) in [5, 5.41) is 0.267. The normalized spacial score (nSPS) is 21.3. The number of esters is 1. The highest BCUT2D eigenvalue weighted by atomic mass is 35.5. The standard InChI is InChI=1S/C14H19ClN2O4S.ClH/c1-21-14(18)12-8-9(15)2-7-13(12)22(19,20)17-11-5-3-10(16)4-6-11;/h2,7-8,10-11,17H,3-6,16H2,1H3;1H. The first kappa shape index (κ1) is 20.2. The molecule has 0 saturated heterocycles. The number of nitrogens with two attached hydrogens (primary N) is 1. The lowest BCUT2D eigenvalue weighted by molar-refractivity contribution is 0.0596. The third-order valence-corrected chi connectivity index (χ3v) is 5.54. The summed E-state index contributed by atoms with van der Waals surface area (Å²) < 4.78 is 32.3. The molecule has 0 spiro atoms. The Hall–Kier alpha value is -0.860. The Bertz CT molecular complexity index is 659. The van der Waals surface area contributed by atoms with Crippen molar-refractivity contribution in [3.63, 3.8) is 0 Å². The van der Waals surface area contributed by atoms with E-state index in [-0.39, 0.29) is 40.0 Å². The minimum Gasteiger partial charge on any atom is -0.465 e. The number of nitrogens with one attached hydrogen (secondary N) is 1. The quantitative estimate of drug-likeness (QED) is 0.776. The summed E-state index contributed by atoms with van der Waals surface area (Å²) in [6, 6.07) is 3.98. The van der Waals surface area contributed by atoms with Crippen LogP contribution in [-0.2, 0) is 14.8 Å². The van der Waals surface area contributed by atoms with E-state index in [1.54, 1.807) is 0 Å². The molecular weight excluding hydrogens is 363 g/mol. The van der Waals surface area contributed by atoms with Gasteiger partial charge in [-0.15, -0.1) is 12.4 Å². The van der Waals surface area contributed by atoms with Gasteiger partial charge in [0.2, 0.25) is 10.0 Å². The van der Waals surface area contributed by atoms with Crippen LogP contribution in [-0.4, -0.2) is 33.6 Å².